The average Bonchev–Trinajstić information content (AvgIpc) is 2.76. The Kier molecular flexibility index (Phi) is 5.42. The summed E-state index contributed by atoms with van der Waals surface area (Å²) in [7, 11) is 0. The first-order valence-corrected chi connectivity index (χ1v) is 9.43. The van der Waals surface area contributed by atoms with E-state index in [2.05, 4.69) is 15.8 Å². The third kappa shape index (κ3) is 4.06. The molecule has 1 atom stereocenters. The van der Waals surface area contributed by atoms with Crippen LogP contribution in [-0.4, -0.2) is 16.0 Å². The van der Waals surface area contributed by atoms with Crippen molar-refractivity contribution < 1.29 is 9.90 Å². The number of benzene rings is 3. The van der Waals surface area contributed by atoms with E-state index in [4.69, 9.17) is 11.6 Å². The molecule has 29 heavy (non-hydrogen) atoms. The summed E-state index contributed by atoms with van der Waals surface area (Å²) in [6, 6.07) is 21.3. The predicted octanol–water partition coefficient (Wildman–Crippen LogP) is 4.62. The Labute approximate surface area is 173 Å². The number of phenols is 1. The molecule has 6 heteroatoms. The minimum atomic E-state index is -0.496. The molecule has 3 aromatic carbocycles. The van der Waals surface area contributed by atoms with Crippen molar-refractivity contribution in [2.45, 2.75) is 6.04 Å². The quantitative estimate of drug-likeness (QED) is 0.425. The summed E-state index contributed by atoms with van der Waals surface area (Å²) in [4.78, 5) is 16.5. The molecule has 0 aliphatic carbocycles. The predicted molar refractivity (Wildman–Crippen MR) is 114 cm³/mol. The maximum atomic E-state index is 12.5. The molecule has 1 heterocycles. The number of fused-ring (bicyclic) bond motifs is 1. The van der Waals surface area contributed by atoms with Gasteiger partial charge in [0.15, 0.2) is 0 Å². The standard InChI is InChI=1S/C23H18ClN3O2/c24-18-8-5-16(6-9-18)22(26-27-23(29)17-11-13-25-14-12-17)21-19-4-2-1-3-15(19)7-10-20(21)28/h1-14,22,26,28H,(H,27,29). The molecular formula is C23H18ClN3O2. The van der Waals surface area contributed by atoms with Crippen molar-refractivity contribution in [1.29, 1.82) is 0 Å². The minimum Gasteiger partial charge on any atom is -0.508 e. The minimum absolute atomic E-state index is 0.134. The number of aromatic nitrogens is 1. The Morgan fingerprint density at radius 2 is 1.66 bits per heavy atom. The zero-order valence-corrected chi connectivity index (χ0v) is 16.1. The summed E-state index contributed by atoms with van der Waals surface area (Å²) in [6.45, 7) is 0. The monoisotopic (exact) mass is 403 g/mol. The number of amides is 1. The van der Waals surface area contributed by atoms with E-state index in [1.807, 2.05) is 42.5 Å². The maximum absolute atomic E-state index is 12.5. The molecule has 5 nitrogen and oxygen atoms in total. The molecule has 1 aromatic heterocycles. The van der Waals surface area contributed by atoms with E-state index in [0.717, 1.165) is 16.3 Å². The second-order valence-electron chi connectivity index (χ2n) is 6.54. The van der Waals surface area contributed by atoms with Gasteiger partial charge in [0.25, 0.3) is 5.91 Å². The van der Waals surface area contributed by atoms with E-state index < -0.39 is 6.04 Å². The van der Waals surface area contributed by atoms with Crippen LogP contribution in [0, 0.1) is 0 Å². The summed E-state index contributed by atoms with van der Waals surface area (Å²) in [5.74, 6) is -0.166. The van der Waals surface area contributed by atoms with Crippen molar-refractivity contribution in [2.75, 3.05) is 0 Å². The topological polar surface area (TPSA) is 74.2 Å². The molecule has 0 bridgehead atoms. The molecule has 144 valence electrons. The molecule has 0 aliphatic rings. The summed E-state index contributed by atoms with van der Waals surface area (Å²) in [6.07, 6.45) is 3.12. The second-order valence-corrected chi connectivity index (χ2v) is 6.97. The molecule has 0 saturated carbocycles. The van der Waals surface area contributed by atoms with Gasteiger partial charge in [-0.2, -0.15) is 0 Å². The number of nitrogens with zero attached hydrogens (tertiary/aromatic N) is 1. The molecule has 0 radical (unpaired) electrons. The largest absolute Gasteiger partial charge is 0.508 e. The van der Waals surface area contributed by atoms with Crippen LogP contribution < -0.4 is 10.9 Å². The van der Waals surface area contributed by atoms with E-state index in [1.165, 1.54) is 0 Å². The van der Waals surface area contributed by atoms with Gasteiger partial charge in [0.2, 0.25) is 0 Å². The van der Waals surface area contributed by atoms with Gasteiger partial charge in [-0.15, -0.1) is 0 Å². The van der Waals surface area contributed by atoms with Crippen LogP contribution in [0.2, 0.25) is 5.02 Å². The van der Waals surface area contributed by atoms with Crippen LogP contribution in [-0.2, 0) is 0 Å². The molecule has 3 N–H and O–H groups in total. The number of rotatable bonds is 5. The third-order valence-corrected chi connectivity index (χ3v) is 4.96. The molecule has 0 saturated heterocycles. The van der Waals surface area contributed by atoms with Gasteiger partial charge in [0.05, 0.1) is 6.04 Å². The molecule has 0 aliphatic heterocycles. The van der Waals surface area contributed by atoms with Gasteiger partial charge in [-0.3, -0.25) is 15.2 Å². The first-order chi connectivity index (χ1) is 14.1. The van der Waals surface area contributed by atoms with E-state index in [-0.39, 0.29) is 11.7 Å². The Balaban J connectivity index is 1.75. The number of aromatic hydroxyl groups is 1. The molecule has 1 unspecified atom stereocenters. The molecule has 1 amide bonds. The lowest BCUT2D eigenvalue weighted by atomic mass is 9.93. The molecule has 4 aromatic rings. The van der Waals surface area contributed by atoms with Crippen LogP contribution in [0.15, 0.2) is 85.2 Å². The first kappa shape index (κ1) is 18.9. The zero-order valence-electron chi connectivity index (χ0n) is 15.3. The third-order valence-electron chi connectivity index (χ3n) is 4.71. The highest BCUT2D eigenvalue weighted by atomic mass is 35.5. The number of phenolic OH excluding ortho intramolecular Hbond substituents is 1. The summed E-state index contributed by atoms with van der Waals surface area (Å²) in [5.41, 5.74) is 7.81. The van der Waals surface area contributed by atoms with Crippen LogP contribution in [0.4, 0.5) is 0 Å². The SMILES string of the molecule is O=C(NNC(c1ccc(Cl)cc1)c1c(O)ccc2ccccc12)c1ccncc1. The second kappa shape index (κ2) is 8.31. The van der Waals surface area contributed by atoms with Gasteiger partial charge in [-0.25, -0.2) is 5.43 Å². The van der Waals surface area contributed by atoms with E-state index in [0.29, 0.717) is 16.1 Å². The number of carbonyl (C=O) groups is 1. The number of hydrogen-bond acceptors (Lipinski definition) is 4. The lowest BCUT2D eigenvalue weighted by molar-refractivity contribution is 0.0928. The van der Waals surface area contributed by atoms with Crippen LogP contribution in [0.3, 0.4) is 0 Å². The number of carbonyl (C=O) groups excluding carboxylic acids is 1. The number of nitrogens with one attached hydrogen (secondary N) is 2. The van der Waals surface area contributed by atoms with Crippen molar-refractivity contribution in [3.8, 4) is 5.75 Å². The number of pyridine rings is 1. The Hall–Kier alpha value is -3.41. The van der Waals surface area contributed by atoms with Gasteiger partial charge in [0, 0.05) is 28.5 Å². The van der Waals surface area contributed by atoms with Crippen LogP contribution in [0.1, 0.15) is 27.5 Å². The van der Waals surface area contributed by atoms with Gasteiger partial charge in [0.1, 0.15) is 5.75 Å². The maximum Gasteiger partial charge on any atom is 0.265 e. The summed E-state index contributed by atoms with van der Waals surface area (Å²) in [5, 5.41) is 13.2. The Bertz CT molecular complexity index is 1150. The van der Waals surface area contributed by atoms with E-state index in [1.54, 1.807) is 42.7 Å². The Morgan fingerprint density at radius 3 is 2.41 bits per heavy atom. The fourth-order valence-electron chi connectivity index (χ4n) is 3.28. The van der Waals surface area contributed by atoms with Crippen LogP contribution in [0.5, 0.6) is 5.75 Å². The van der Waals surface area contributed by atoms with Gasteiger partial charge in [-0.05, 0) is 46.7 Å². The van der Waals surface area contributed by atoms with Crippen molar-refractivity contribution in [3.63, 3.8) is 0 Å². The van der Waals surface area contributed by atoms with Crippen molar-refractivity contribution in [1.82, 2.24) is 15.8 Å². The normalized spacial score (nSPS) is 11.9. The molecule has 4 rings (SSSR count). The van der Waals surface area contributed by atoms with Crippen molar-refractivity contribution in [3.05, 3.63) is 107 Å². The lowest BCUT2D eigenvalue weighted by Gasteiger charge is -2.23. The van der Waals surface area contributed by atoms with Crippen molar-refractivity contribution in [2.24, 2.45) is 0 Å². The van der Waals surface area contributed by atoms with Gasteiger partial charge < -0.3 is 5.11 Å². The first-order valence-electron chi connectivity index (χ1n) is 9.05. The fraction of sp³-hybridized carbons (Fsp3) is 0.0435. The number of hydrazine groups is 1. The highest BCUT2D eigenvalue weighted by Gasteiger charge is 2.21. The van der Waals surface area contributed by atoms with E-state index in [9.17, 15) is 9.90 Å². The zero-order chi connectivity index (χ0) is 20.2. The average molecular weight is 404 g/mol. The van der Waals surface area contributed by atoms with Gasteiger partial charge in [-0.1, -0.05) is 54.1 Å². The van der Waals surface area contributed by atoms with Crippen molar-refractivity contribution >= 4 is 28.3 Å². The molecular weight excluding hydrogens is 386 g/mol. The Morgan fingerprint density at radius 1 is 0.931 bits per heavy atom. The summed E-state index contributed by atoms with van der Waals surface area (Å²) < 4.78 is 0. The van der Waals surface area contributed by atoms with Crippen LogP contribution >= 0.6 is 11.6 Å². The number of halogens is 1. The summed E-state index contributed by atoms with van der Waals surface area (Å²) >= 11 is 6.05. The highest BCUT2D eigenvalue weighted by Crippen LogP contribution is 2.35. The lowest BCUT2D eigenvalue weighted by Crippen LogP contribution is -2.40. The smallest absolute Gasteiger partial charge is 0.265 e. The van der Waals surface area contributed by atoms with Crippen LogP contribution in [0.25, 0.3) is 10.8 Å². The molecule has 0 fully saturated rings. The highest BCUT2D eigenvalue weighted by molar-refractivity contribution is 6.30. The number of hydrogen-bond donors (Lipinski definition) is 3. The van der Waals surface area contributed by atoms with Gasteiger partial charge >= 0.3 is 0 Å². The molecule has 0 spiro atoms. The fourth-order valence-corrected chi connectivity index (χ4v) is 3.40. The van der Waals surface area contributed by atoms with E-state index >= 15 is 0 Å².